The van der Waals surface area contributed by atoms with Crippen molar-refractivity contribution in [1.82, 2.24) is 10.2 Å². The van der Waals surface area contributed by atoms with Crippen molar-refractivity contribution in [2.24, 2.45) is 0 Å². The van der Waals surface area contributed by atoms with Crippen LogP contribution >= 0.6 is 35.0 Å². The molecule has 7 heteroatoms. The summed E-state index contributed by atoms with van der Waals surface area (Å²) >= 11 is 13.5. The largest absolute Gasteiger partial charge is 0.354 e. The van der Waals surface area contributed by atoms with E-state index in [0.717, 1.165) is 17.5 Å². The van der Waals surface area contributed by atoms with Crippen molar-refractivity contribution in [3.63, 3.8) is 0 Å². The maximum absolute atomic E-state index is 13.0. The van der Waals surface area contributed by atoms with E-state index in [0.29, 0.717) is 28.9 Å². The Labute approximate surface area is 187 Å². The third-order valence-corrected chi connectivity index (χ3v) is 5.84. The van der Waals surface area contributed by atoms with E-state index in [2.05, 4.69) is 5.32 Å². The summed E-state index contributed by atoms with van der Waals surface area (Å²) in [5.74, 6) is 0.756. The second-order valence-corrected chi connectivity index (χ2v) is 8.60. The van der Waals surface area contributed by atoms with Crippen LogP contribution in [-0.2, 0) is 21.9 Å². The van der Waals surface area contributed by atoms with Crippen LogP contribution in [0.2, 0.25) is 10.0 Å². The van der Waals surface area contributed by atoms with Gasteiger partial charge in [0.1, 0.15) is 6.04 Å². The molecule has 0 aliphatic rings. The minimum absolute atomic E-state index is 0.0805. The van der Waals surface area contributed by atoms with Crippen LogP contribution < -0.4 is 5.32 Å². The summed E-state index contributed by atoms with van der Waals surface area (Å²) in [6, 6.07) is 14.4. The molecule has 2 rings (SSSR count). The van der Waals surface area contributed by atoms with Crippen molar-refractivity contribution in [3.05, 3.63) is 69.7 Å². The highest BCUT2D eigenvalue weighted by molar-refractivity contribution is 7.99. The van der Waals surface area contributed by atoms with Gasteiger partial charge in [0.05, 0.1) is 5.75 Å². The molecule has 2 aromatic rings. The van der Waals surface area contributed by atoms with E-state index in [9.17, 15) is 9.59 Å². The van der Waals surface area contributed by atoms with E-state index < -0.39 is 6.04 Å². The molecule has 0 fully saturated rings. The molecule has 0 aliphatic carbocycles. The number of carbonyl (C=O) groups is 2. The molecule has 2 amide bonds. The first kappa shape index (κ1) is 23.6. The summed E-state index contributed by atoms with van der Waals surface area (Å²) in [6.07, 6.45) is 0.845. The van der Waals surface area contributed by atoms with Crippen molar-refractivity contribution < 1.29 is 9.59 Å². The van der Waals surface area contributed by atoms with Crippen molar-refractivity contribution in [1.29, 1.82) is 0 Å². The number of nitrogens with zero attached hydrogens (tertiary/aromatic N) is 1. The summed E-state index contributed by atoms with van der Waals surface area (Å²) < 4.78 is 0. The van der Waals surface area contributed by atoms with Gasteiger partial charge in [-0.15, -0.1) is 11.8 Å². The first-order chi connectivity index (χ1) is 13.9. The van der Waals surface area contributed by atoms with Crippen LogP contribution in [0.15, 0.2) is 48.5 Å². The number of carbonyl (C=O) groups excluding carboxylic acids is 2. The Morgan fingerprint density at radius 1 is 1.07 bits per heavy atom. The highest BCUT2D eigenvalue weighted by atomic mass is 35.5. The summed E-state index contributed by atoms with van der Waals surface area (Å²) in [5, 5.41) is 4.17. The van der Waals surface area contributed by atoms with Crippen LogP contribution in [0.25, 0.3) is 0 Å². The van der Waals surface area contributed by atoms with Crippen LogP contribution in [0.5, 0.6) is 0 Å². The number of halogens is 2. The van der Waals surface area contributed by atoms with Gasteiger partial charge in [0.25, 0.3) is 0 Å². The van der Waals surface area contributed by atoms with Gasteiger partial charge >= 0.3 is 0 Å². The quantitative estimate of drug-likeness (QED) is 0.540. The molecule has 1 N–H and O–H groups in total. The fourth-order valence-corrected chi connectivity index (χ4v) is 3.94. The lowest BCUT2D eigenvalue weighted by atomic mass is 10.1. The molecule has 156 valence electrons. The molecule has 0 aromatic heterocycles. The number of hydrogen-bond acceptors (Lipinski definition) is 3. The molecule has 0 aliphatic heterocycles. The standard InChI is InChI=1S/C22H26Cl2N2O2S/c1-3-11-25-22(28)16(2)26(13-18-5-4-6-20(24)12-18)21(27)15-29-14-17-7-9-19(23)10-8-17/h4-10,12,16H,3,11,13-15H2,1-2H3,(H,25,28)/t16-/m0/s1. The maximum Gasteiger partial charge on any atom is 0.242 e. The number of benzene rings is 2. The molecule has 0 spiro atoms. The lowest BCUT2D eigenvalue weighted by molar-refractivity contribution is -0.138. The minimum Gasteiger partial charge on any atom is -0.354 e. The minimum atomic E-state index is -0.566. The first-order valence-corrected chi connectivity index (χ1v) is 11.5. The normalized spacial score (nSPS) is 11.7. The van der Waals surface area contributed by atoms with Gasteiger partial charge in [0.2, 0.25) is 11.8 Å². The summed E-state index contributed by atoms with van der Waals surface area (Å²) in [7, 11) is 0. The third kappa shape index (κ3) is 7.92. The zero-order valence-electron chi connectivity index (χ0n) is 16.7. The van der Waals surface area contributed by atoms with E-state index in [1.54, 1.807) is 17.9 Å². The van der Waals surface area contributed by atoms with Gasteiger partial charge < -0.3 is 10.2 Å². The molecule has 0 radical (unpaired) electrons. The van der Waals surface area contributed by atoms with E-state index in [-0.39, 0.29) is 17.6 Å². The Hall–Kier alpha value is -1.69. The molecule has 2 aromatic carbocycles. The predicted octanol–water partition coefficient (Wildman–Crippen LogP) is 5.17. The molecule has 0 saturated carbocycles. The van der Waals surface area contributed by atoms with Gasteiger partial charge in [-0.3, -0.25) is 9.59 Å². The number of rotatable bonds is 10. The number of amides is 2. The summed E-state index contributed by atoms with van der Waals surface area (Å²) in [6.45, 7) is 4.68. The zero-order chi connectivity index (χ0) is 21.2. The van der Waals surface area contributed by atoms with Crippen molar-refractivity contribution in [2.45, 2.75) is 38.6 Å². The SMILES string of the molecule is CCCNC(=O)[C@H](C)N(Cc1cccc(Cl)c1)C(=O)CSCc1ccc(Cl)cc1. The highest BCUT2D eigenvalue weighted by Crippen LogP contribution is 2.19. The van der Waals surface area contributed by atoms with Gasteiger partial charge in [0.15, 0.2) is 0 Å². The molecule has 1 atom stereocenters. The smallest absolute Gasteiger partial charge is 0.242 e. The van der Waals surface area contributed by atoms with Gasteiger partial charge in [-0.1, -0.05) is 54.4 Å². The molecule has 29 heavy (non-hydrogen) atoms. The van der Waals surface area contributed by atoms with Crippen LogP contribution in [0, 0.1) is 0 Å². The molecule has 0 bridgehead atoms. The Bertz CT molecular complexity index is 815. The van der Waals surface area contributed by atoms with Crippen molar-refractivity contribution in [2.75, 3.05) is 12.3 Å². The predicted molar refractivity (Wildman–Crippen MR) is 122 cm³/mol. The second kappa shape index (κ2) is 12.1. The average molecular weight is 453 g/mol. The van der Waals surface area contributed by atoms with Crippen LogP contribution in [0.4, 0.5) is 0 Å². The van der Waals surface area contributed by atoms with Crippen LogP contribution in [0.1, 0.15) is 31.4 Å². The fraction of sp³-hybridized carbons (Fsp3) is 0.364. The lowest BCUT2D eigenvalue weighted by Gasteiger charge is -2.28. The van der Waals surface area contributed by atoms with Crippen molar-refractivity contribution in [3.8, 4) is 0 Å². The van der Waals surface area contributed by atoms with Gasteiger partial charge in [-0.2, -0.15) is 0 Å². The topological polar surface area (TPSA) is 49.4 Å². The van der Waals surface area contributed by atoms with E-state index in [1.165, 1.54) is 11.8 Å². The fourth-order valence-electron chi connectivity index (χ4n) is 2.73. The van der Waals surface area contributed by atoms with Crippen LogP contribution in [-0.4, -0.2) is 35.1 Å². The molecular formula is C22H26Cl2N2O2S. The number of thioether (sulfide) groups is 1. The second-order valence-electron chi connectivity index (χ2n) is 6.74. The van der Waals surface area contributed by atoms with Crippen LogP contribution in [0.3, 0.4) is 0 Å². The highest BCUT2D eigenvalue weighted by Gasteiger charge is 2.25. The lowest BCUT2D eigenvalue weighted by Crippen LogP contribution is -2.48. The zero-order valence-corrected chi connectivity index (χ0v) is 19.0. The number of nitrogens with one attached hydrogen (secondary N) is 1. The summed E-state index contributed by atoms with van der Waals surface area (Å²) in [5.41, 5.74) is 1.99. The Morgan fingerprint density at radius 3 is 2.45 bits per heavy atom. The van der Waals surface area contributed by atoms with Crippen molar-refractivity contribution >= 4 is 46.8 Å². The molecule has 0 saturated heterocycles. The monoisotopic (exact) mass is 452 g/mol. The van der Waals surface area contributed by atoms with E-state index in [4.69, 9.17) is 23.2 Å². The Balaban J connectivity index is 2.04. The first-order valence-electron chi connectivity index (χ1n) is 9.54. The molecule has 0 unspecified atom stereocenters. The molecule has 4 nitrogen and oxygen atoms in total. The van der Waals surface area contributed by atoms with E-state index in [1.807, 2.05) is 49.4 Å². The third-order valence-electron chi connectivity index (χ3n) is 4.37. The van der Waals surface area contributed by atoms with E-state index >= 15 is 0 Å². The van der Waals surface area contributed by atoms with Gasteiger partial charge in [-0.25, -0.2) is 0 Å². The average Bonchev–Trinajstić information content (AvgIpc) is 2.71. The summed E-state index contributed by atoms with van der Waals surface area (Å²) in [4.78, 5) is 27.1. The molecule has 0 heterocycles. The number of hydrogen-bond donors (Lipinski definition) is 1. The molecular weight excluding hydrogens is 427 g/mol. The Morgan fingerprint density at radius 2 is 1.79 bits per heavy atom. The maximum atomic E-state index is 13.0. The van der Waals surface area contributed by atoms with Gasteiger partial charge in [0, 0.05) is 28.9 Å². The van der Waals surface area contributed by atoms with Gasteiger partial charge in [-0.05, 0) is 48.7 Å². The Kier molecular flexibility index (Phi) is 9.85.